The highest BCUT2D eigenvalue weighted by molar-refractivity contribution is 6.32. The molecule has 0 saturated heterocycles. The van der Waals surface area contributed by atoms with Gasteiger partial charge in [-0.1, -0.05) is 11.6 Å². The Kier molecular flexibility index (Phi) is 3.62. The maximum absolute atomic E-state index is 12.5. The van der Waals surface area contributed by atoms with E-state index in [2.05, 4.69) is 15.4 Å². The molecule has 0 amide bonds. The Hall–Kier alpha value is -1.60. The molecular weight excluding hydrogens is 305 g/mol. The summed E-state index contributed by atoms with van der Waals surface area (Å²) >= 11 is 6.09. The zero-order valence-electron chi connectivity index (χ0n) is 10.9. The molecule has 0 aliphatic heterocycles. The lowest BCUT2D eigenvalue weighted by molar-refractivity contribution is -0.141. The second-order valence-electron chi connectivity index (χ2n) is 4.95. The number of halogens is 4. The average molecular weight is 317 g/mol. The molecule has 0 atom stereocenters. The molecule has 21 heavy (non-hydrogen) atoms. The Morgan fingerprint density at radius 2 is 2.14 bits per heavy atom. The highest BCUT2D eigenvalue weighted by atomic mass is 35.5. The van der Waals surface area contributed by atoms with Crippen LogP contribution in [-0.2, 0) is 12.7 Å². The van der Waals surface area contributed by atoms with Crippen LogP contribution in [-0.4, -0.2) is 20.8 Å². The van der Waals surface area contributed by atoms with Crippen LogP contribution in [0.4, 0.5) is 13.2 Å². The molecule has 1 aliphatic carbocycles. The van der Waals surface area contributed by atoms with Crippen LogP contribution in [0.2, 0.25) is 5.02 Å². The highest BCUT2D eigenvalue weighted by Crippen LogP contribution is 2.28. The molecule has 1 fully saturated rings. The number of pyridine rings is 1. The van der Waals surface area contributed by atoms with E-state index in [-0.39, 0.29) is 10.8 Å². The van der Waals surface area contributed by atoms with Crippen molar-refractivity contribution < 1.29 is 13.2 Å². The molecule has 0 unspecified atom stereocenters. The fourth-order valence-corrected chi connectivity index (χ4v) is 2.15. The minimum Gasteiger partial charge on any atom is -0.310 e. The van der Waals surface area contributed by atoms with Crippen molar-refractivity contribution in [2.45, 2.75) is 31.6 Å². The molecule has 0 bridgehead atoms. The van der Waals surface area contributed by atoms with Crippen LogP contribution in [0.5, 0.6) is 0 Å². The third-order valence-electron chi connectivity index (χ3n) is 3.15. The quantitative estimate of drug-likeness (QED) is 0.942. The standard InChI is InChI=1S/C13H12ClF3N4/c14-10-5-8(6-18-9-1-2-9)7-19-12(10)21-4-3-11(20-21)13(15,16)17/h3-5,7,9,18H,1-2,6H2. The number of rotatable bonds is 4. The number of nitrogens with zero attached hydrogens (tertiary/aromatic N) is 3. The van der Waals surface area contributed by atoms with Crippen LogP contribution < -0.4 is 5.32 Å². The number of nitrogens with one attached hydrogen (secondary N) is 1. The SMILES string of the molecule is FC(F)(F)c1ccn(-c2ncc(CNC3CC3)cc2Cl)n1. The molecule has 1 aliphatic rings. The first kappa shape index (κ1) is 14.3. The summed E-state index contributed by atoms with van der Waals surface area (Å²) in [7, 11) is 0. The van der Waals surface area contributed by atoms with Gasteiger partial charge in [-0.2, -0.15) is 18.3 Å². The molecule has 2 heterocycles. The smallest absolute Gasteiger partial charge is 0.310 e. The van der Waals surface area contributed by atoms with Crippen LogP contribution in [0, 0.1) is 0 Å². The van der Waals surface area contributed by atoms with Crippen molar-refractivity contribution in [1.82, 2.24) is 20.1 Å². The van der Waals surface area contributed by atoms with E-state index >= 15 is 0 Å². The van der Waals surface area contributed by atoms with E-state index in [9.17, 15) is 13.2 Å². The van der Waals surface area contributed by atoms with Crippen molar-refractivity contribution in [2.24, 2.45) is 0 Å². The van der Waals surface area contributed by atoms with Gasteiger partial charge in [0.2, 0.25) is 0 Å². The second kappa shape index (κ2) is 5.31. The van der Waals surface area contributed by atoms with E-state index in [1.165, 1.54) is 19.0 Å². The van der Waals surface area contributed by atoms with E-state index in [0.717, 1.165) is 16.3 Å². The second-order valence-corrected chi connectivity index (χ2v) is 5.35. The fourth-order valence-electron chi connectivity index (χ4n) is 1.88. The van der Waals surface area contributed by atoms with Gasteiger partial charge in [-0.3, -0.25) is 0 Å². The van der Waals surface area contributed by atoms with Crippen LogP contribution in [0.3, 0.4) is 0 Å². The van der Waals surface area contributed by atoms with Gasteiger partial charge in [-0.15, -0.1) is 0 Å². The minimum absolute atomic E-state index is 0.183. The van der Waals surface area contributed by atoms with Crippen molar-refractivity contribution in [1.29, 1.82) is 0 Å². The van der Waals surface area contributed by atoms with Crippen LogP contribution in [0.1, 0.15) is 24.1 Å². The van der Waals surface area contributed by atoms with Crippen molar-refractivity contribution in [3.63, 3.8) is 0 Å². The molecule has 0 aromatic carbocycles. The van der Waals surface area contributed by atoms with Crippen molar-refractivity contribution in [3.05, 3.63) is 40.8 Å². The van der Waals surface area contributed by atoms with Crippen LogP contribution in [0.15, 0.2) is 24.5 Å². The normalized spacial score (nSPS) is 15.4. The summed E-state index contributed by atoms with van der Waals surface area (Å²) in [5.41, 5.74) is -0.0845. The van der Waals surface area contributed by atoms with E-state index in [1.807, 2.05) is 0 Å². The lowest BCUT2D eigenvalue weighted by Gasteiger charge is -2.07. The van der Waals surface area contributed by atoms with Gasteiger partial charge in [0.25, 0.3) is 0 Å². The summed E-state index contributed by atoms with van der Waals surface area (Å²) in [6.07, 6.45) is 0.649. The maximum atomic E-state index is 12.5. The van der Waals surface area contributed by atoms with Crippen LogP contribution in [0.25, 0.3) is 5.82 Å². The van der Waals surface area contributed by atoms with E-state index in [1.54, 1.807) is 12.3 Å². The summed E-state index contributed by atoms with van der Waals surface area (Å²) in [5.74, 6) is 0.183. The summed E-state index contributed by atoms with van der Waals surface area (Å²) in [4.78, 5) is 4.10. The van der Waals surface area contributed by atoms with E-state index in [0.29, 0.717) is 12.6 Å². The molecule has 0 spiro atoms. The van der Waals surface area contributed by atoms with Gasteiger partial charge >= 0.3 is 6.18 Å². The van der Waals surface area contributed by atoms with Gasteiger partial charge in [-0.25, -0.2) is 9.67 Å². The predicted octanol–water partition coefficient (Wildman–Crippen LogP) is 3.19. The third-order valence-corrected chi connectivity index (χ3v) is 3.43. The maximum Gasteiger partial charge on any atom is 0.435 e. The predicted molar refractivity (Wildman–Crippen MR) is 71.2 cm³/mol. The zero-order valence-corrected chi connectivity index (χ0v) is 11.6. The monoisotopic (exact) mass is 316 g/mol. The third kappa shape index (κ3) is 3.36. The first-order valence-electron chi connectivity index (χ1n) is 6.44. The average Bonchev–Trinajstić information content (AvgIpc) is 3.10. The Bertz CT molecular complexity index is 649. The number of hydrogen-bond acceptors (Lipinski definition) is 3. The summed E-state index contributed by atoms with van der Waals surface area (Å²) in [5, 5.41) is 7.03. The van der Waals surface area contributed by atoms with Crippen molar-refractivity contribution in [3.8, 4) is 5.82 Å². The molecule has 1 N–H and O–H groups in total. The van der Waals surface area contributed by atoms with Crippen molar-refractivity contribution in [2.75, 3.05) is 0 Å². The molecule has 4 nitrogen and oxygen atoms in total. The molecular formula is C13H12ClF3N4. The lowest BCUT2D eigenvalue weighted by Crippen LogP contribution is -2.15. The first-order chi connectivity index (χ1) is 9.93. The van der Waals surface area contributed by atoms with Gasteiger partial charge in [0.05, 0.1) is 5.02 Å². The molecule has 2 aromatic rings. The fraction of sp³-hybridized carbons (Fsp3) is 0.385. The van der Waals surface area contributed by atoms with Gasteiger partial charge in [0.1, 0.15) is 0 Å². The summed E-state index contributed by atoms with van der Waals surface area (Å²) < 4.78 is 38.6. The molecule has 1 saturated carbocycles. The van der Waals surface area contributed by atoms with Crippen molar-refractivity contribution >= 4 is 11.6 Å². The van der Waals surface area contributed by atoms with Gasteiger partial charge in [-0.05, 0) is 30.5 Å². The molecule has 8 heteroatoms. The van der Waals surface area contributed by atoms with Gasteiger partial charge in [0.15, 0.2) is 11.5 Å². The topological polar surface area (TPSA) is 42.7 Å². The van der Waals surface area contributed by atoms with E-state index in [4.69, 9.17) is 11.6 Å². The number of alkyl halides is 3. The molecule has 0 radical (unpaired) electrons. The Morgan fingerprint density at radius 1 is 1.38 bits per heavy atom. The Labute approximate surface area is 123 Å². The largest absolute Gasteiger partial charge is 0.435 e. The first-order valence-corrected chi connectivity index (χ1v) is 6.82. The van der Waals surface area contributed by atoms with Gasteiger partial charge < -0.3 is 5.32 Å². The highest BCUT2D eigenvalue weighted by Gasteiger charge is 2.33. The summed E-state index contributed by atoms with van der Waals surface area (Å²) in [6, 6.07) is 3.14. The zero-order chi connectivity index (χ0) is 15.0. The molecule has 3 rings (SSSR count). The molecule has 2 aromatic heterocycles. The number of aromatic nitrogens is 3. The summed E-state index contributed by atoms with van der Waals surface area (Å²) in [6.45, 7) is 0.643. The van der Waals surface area contributed by atoms with Crippen LogP contribution >= 0.6 is 11.6 Å². The molecule has 112 valence electrons. The lowest BCUT2D eigenvalue weighted by atomic mass is 10.3. The minimum atomic E-state index is -4.48. The van der Waals surface area contributed by atoms with E-state index < -0.39 is 11.9 Å². The number of hydrogen-bond donors (Lipinski definition) is 1. The van der Waals surface area contributed by atoms with Gasteiger partial charge in [0, 0.05) is 25.0 Å². The Morgan fingerprint density at radius 3 is 2.71 bits per heavy atom. The Balaban J connectivity index is 1.79.